The number of hydrogen-bond donors (Lipinski definition) is 0. The van der Waals surface area contributed by atoms with Crippen LogP contribution in [-0.4, -0.2) is 46.2 Å². The fourth-order valence-electron chi connectivity index (χ4n) is 2.50. The van der Waals surface area contributed by atoms with Crippen LogP contribution in [0, 0.1) is 5.82 Å². The maximum atomic E-state index is 13.2. The summed E-state index contributed by atoms with van der Waals surface area (Å²) in [6.45, 7) is -0.146. The van der Waals surface area contributed by atoms with Crippen LogP contribution in [0.1, 0.15) is 16.2 Å². The Bertz CT molecular complexity index is 954. The van der Waals surface area contributed by atoms with E-state index in [1.165, 1.54) is 53.4 Å². The van der Waals surface area contributed by atoms with Crippen molar-refractivity contribution in [3.05, 3.63) is 66.1 Å². The van der Waals surface area contributed by atoms with E-state index in [0.29, 0.717) is 16.6 Å². The zero-order valence-corrected chi connectivity index (χ0v) is 16.1. The van der Waals surface area contributed by atoms with Gasteiger partial charge in [-0.1, -0.05) is 11.8 Å². The minimum atomic E-state index is -0.697. The number of furan rings is 1. The molecule has 3 aromatic rings. The van der Waals surface area contributed by atoms with E-state index in [1.807, 2.05) is 6.26 Å². The van der Waals surface area contributed by atoms with Crippen LogP contribution < -0.4 is 0 Å². The van der Waals surface area contributed by atoms with Gasteiger partial charge in [-0.3, -0.25) is 9.36 Å². The van der Waals surface area contributed by atoms with Crippen molar-refractivity contribution in [1.82, 2.24) is 14.5 Å². The number of imidazole rings is 1. The summed E-state index contributed by atoms with van der Waals surface area (Å²) >= 11 is 1.33. The molecule has 0 spiro atoms. The van der Waals surface area contributed by atoms with Gasteiger partial charge in [-0.2, -0.15) is 0 Å². The monoisotopic (exact) mass is 403 g/mol. The molecule has 0 aliphatic heterocycles. The summed E-state index contributed by atoms with van der Waals surface area (Å²) in [4.78, 5) is 30.3. The summed E-state index contributed by atoms with van der Waals surface area (Å²) in [5.74, 6) is -0.829. The molecule has 146 valence electrons. The number of benzene rings is 1. The van der Waals surface area contributed by atoms with E-state index in [0.717, 1.165) is 0 Å². The number of thioether (sulfide) groups is 1. The van der Waals surface area contributed by atoms with Gasteiger partial charge in [0.25, 0.3) is 5.91 Å². The lowest BCUT2D eigenvalue weighted by Crippen LogP contribution is -2.31. The van der Waals surface area contributed by atoms with E-state index in [4.69, 9.17) is 9.15 Å². The summed E-state index contributed by atoms with van der Waals surface area (Å²) in [5.41, 5.74) is 0.717. The first kappa shape index (κ1) is 19.7. The zero-order valence-electron chi connectivity index (χ0n) is 15.3. The molecule has 0 aliphatic rings. The fraction of sp³-hybridized carbons (Fsp3) is 0.211. The van der Waals surface area contributed by atoms with E-state index in [1.54, 1.807) is 23.7 Å². The average molecular weight is 403 g/mol. The molecule has 9 heteroatoms. The molecule has 3 rings (SSSR count). The lowest BCUT2D eigenvalue weighted by Gasteiger charge is -2.16. The first-order valence-electron chi connectivity index (χ1n) is 8.30. The predicted octanol–water partition coefficient (Wildman–Crippen LogP) is 3.14. The lowest BCUT2D eigenvalue weighted by molar-refractivity contribution is -0.134. The smallest absolute Gasteiger partial charge is 0.357 e. The first-order chi connectivity index (χ1) is 13.5. The molecular weight excluding hydrogens is 385 g/mol. The van der Waals surface area contributed by atoms with Gasteiger partial charge in [0.05, 0.1) is 19.0 Å². The summed E-state index contributed by atoms with van der Waals surface area (Å²) in [6.07, 6.45) is 4.70. The van der Waals surface area contributed by atoms with Crippen LogP contribution >= 0.6 is 11.8 Å². The number of ether oxygens (including phenoxy) is 1. The van der Waals surface area contributed by atoms with E-state index >= 15 is 0 Å². The molecule has 0 atom stereocenters. The largest absolute Gasteiger partial charge is 0.467 e. The second kappa shape index (κ2) is 8.75. The molecule has 28 heavy (non-hydrogen) atoms. The van der Waals surface area contributed by atoms with Crippen molar-refractivity contribution in [2.45, 2.75) is 11.7 Å². The van der Waals surface area contributed by atoms with Gasteiger partial charge in [0, 0.05) is 12.7 Å². The first-order valence-corrected chi connectivity index (χ1v) is 9.53. The molecule has 0 aliphatic carbocycles. The molecule has 0 saturated heterocycles. The van der Waals surface area contributed by atoms with Crippen molar-refractivity contribution in [3.8, 4) is 5.69 Å². The standard InChI is InChI=1S/C19H18FN3O4S/c1-22(11-15-4-3-9-26-15)17(24)12-27-18(25)16-10-21-19(28-2)23(16)14-7-5-13(20)6-8-14/h3-10H,11-12H2,1-2H3. The third-order valence-corrected chi connectivity index (χ3v) is 4.58. The van der Waals surface area contributed by atoms with Crippen LogP contribution in [0.25, 0.3) is 5.69 Å². The van der Waals surface area contributed by atoms with Crippen molar-refractivity contribution in [2.75, 3.05) is 19.9 Å². The summed E-state index contributed by atoms with van der Waals surface area (Å²) < 4.78 is 25.1. The molecule has 0 unspecified atom stereocenters. The highest BCUT2D eigenvalue weighted by Crippen LogP contribution is 2.22. The van der Waals surface area contributed by atoms with Gasteiger partial charge in [0.2, 0.25) is 0 Å². The zero-order chi connectivity index (χ0) is 20.1. The van der Waals surface area contributed by atoms with Gasteiger partial charge in [0.1, 0.15) is 11.6 Å². The van der Waals surface area contributed by atoms with Crippen molar-refractivity contribution < 1.29 is 23.1 Å². The number of hydrogen-bond acceptors (Lipinski definition) is 6. The van der Waals surface area contributed by atoms with Crippen molar-refractivity contribution >= 4 is 23.6 Å². The maximum absolute atomic E-state index is 13.2. The molecule has 2 aromatic heterocycles. The molecular formula is C19H18FN3O4S. The van der Waals surface area contributed by atoms with Crippen LogP contribution in [-0.2, 0) is 16.1 Å². The SMILES string of the molecule is CSc1ncc(C(=O)OCC(=O)N(C)Cc2ccco2)n1-c1ccc(F)cc1. The van der Waals surface area contributed by atoms with Crippen molar-refractivity contribution in [1.29, 1.82) is 0 Å². The van der Waals surface area contributed by atoms with Crippen LogP contribution in [0.15, 0.2) is 58.4 Å². The normalized spacial score (nSPS) is 10.7. The quantitative estimate of drug-likeness (QED) is 0.446. The molecule has 0 radical (unpaired) electrons. The molecule has 0 N–H and O–H groups in total. The second-order valence-electron chi connectivity index (χ2n) is 5.85. The number of likely N-dealkylation sites (N-methyl/N-ethyl adjacent to an activating group) is 1. The Morgan fingerprint density at radius 2 is 2.04 bits per heavy atom. The molecule has 0 fully saturated rings. The highest BCUT2D eigenvalue weighted by Gasteiger charge is 2.21. The Balaban J connectivity index is 1.70. The molecule has 1 aromatic carbocycles. The number of rotatable bonds is 7. The number of carbonyl (C=O) groups excluding carboxylic acids is 2. The Kier molecular flexibility index (Phi) is 6.15. The van der Waals surface area contributed by atoms with Gasteiger partial charge in [-0.25, -0.2) is 14.2 Å². The van der Waals surface area contributed by atoms with Gasteiger partial charge < -0.3 is 14.1 Å². The van der Waals surface area contributed by atoms with Crippen LogP contribution in [0.3, 0.4) is 0 Å². The minimum Gasteiger partial charge on any atom is -0.467 e. The van der Waals surface area contributed by atoms with Gasteiger partial charge in [0.15, 0.2) is 17.5 Å². The Morgan fingerprint density at radius 1 is 1.29 bits per heavy atom. The van der Waals surface area contributed by atoms with Gasteiger partial charge in [-0.05, 0) is 42.7 Å². The molecule has 2 heterocycles. The van der Waals surface area contributed by atoms with Gasteiger partial charge in [-0.15, -0.1) is 0 Å². The maximum Gasteiger partial charge on any atom is 0.357 e. The van der Waals surface area contributed by atoms with Gasteiger partial charge >= 0.3 is 5.97 Å². The van der Waals surface area contributed by atoms with E-state index < -0.39 is 12.6 Å². The van der Waals surface area contributed by atoms with Crippen LogP contribution in [0.4, 0.5) is 4.39 Å². The number of esters is 1. The minimum absolute atomic E-state index is 0.150. The topological polar surface area (TPSA) is 77.6 Å². The molecule has 1 amide bonds. The van der Waals surface area contributed by atoms with E-state index in [-0.39, 0.29) is 24.0 Å². The fourth-order valence-corrected chi connectivity index (χ4v) is 3.04. The van der Waals surface area contributed by atoms with E-state index in [9.17, 15) is 14.0 Å². The number of aromatic nitrogens is 2. The molecule has 0 bridgehead atoms. The van der Waals surface area contributed by atoms with Crippen molar-refractivity contribution in [3.63, 3.8) is 0 Å². The summed E-state index contributed by atoms with van der Waals surface area (Å²) in [6, 6.07) is 9.14. The highest BCUT2D eigenvalue weighted by atomic mass is 32.2. The Morgan fingerprint density at radius 3 is 2.68 bits per heavy atom. The van der Waals surface area contributed by atoms with E-state index in [2.05, 4.69) is 4.98 Å². The van der Waals surface area contributed by atoms with Crippen molar-refractivity contribution in [2.24, 2.45) is 0 Å². The number of carbonyl (C=O) groups is 2. The molecule has 7 nitrogen and oxygen atoms in total. The summed E-state index contributed by atoms with van der Waals surface area (Å²) in [7, 11) is 1.59. The number of amides is 1. The van der Waals surface area contributed by atoms with Crippen LogP contribution in [0.5, 0.6) is 0 Å². The third kappa shape index (κ3) is 4.42. The van der Waals surface area contributed by atoms with Crippen LogP contribution in [0.2, 0.25) is 0 Å². The Hall–Kier alpha value is -3.07. The third-order valence-electron chi connectivity index (χ3n) is 3.93. The summed E-state index contributed by atoms with van der Waals surface area (Å²) in [5, 5.41) is 0.542. The highest BCUT2D eigenvalue weighted by molar-refractivity contribution is 7.98. The molecule has 0 saturated carbocycles. The lowest BCUT2D eigenvalue weighted by atomic mass is 10.3. The number of halogens is 1. The average Bonchev–Trinajstić information content (AvgIpc) is 3.35. The Labute approximate surface area is 165 Å². The number of nitrogens with zero attached hydrogens (tertiary/aromatic N) is 3. The second-order valence-corrected chi connectivity index (χ2v) is 6.62. The predicted molar refractivity (Wildman–Crippen MR) is 101 cm³/mol.